The molecule has 5 rings (SSSR count). The number of benzene rings is 1. The number of carbonyl (C=O) groups excluding carboxylic acids is 4. The Morgan fingerprint density at radius 2 is 1.86 bits per heavy atom. The van der Waals surface area contributed by atoms with Crippen LogP contribution in [0.5, 0.6) is 0 Å². The van der Waals surface area contributed by atoms with Crippen molar-refractivity contribution in [2.45, 2.75) is 129 Å². The van der Waals surface area contributed by atoms with Crippen LogP contribution in [0.4, 0.5) is 9.59 Å². The summed E-state index contributed by atoms with van der Waals surface area (Å²) in [5, 5.41) is 4.22. The predicted octanol–water partition coefficient (Wildman–Crippen LogP) is 5.70. The number of amides is 4. The molecule has 3 N–H and O–H groups in total. The molecule has 3 heterocycles. The molecular weight excluding hydrogens is 659 g/mol. The van der Waals surface area contributed by atoms with Gasteiger partial charge in [0.25, 0.3) is 0 Å². The molecule has 0 aromatic heterocycles. The summed E-state index contributed by atoms with van der Waals surface area (Å²) >= 11 is 0. The van der Waals surface area contributed by atoms with Crippen molar-refractivity contribution in [3.8, 4) is 0 Å². The first kappa shape index (κ1) is 37.9. The molecule has 4 bridgehead atoms. The Balaban J connectivity index is 1.46. The van der Waals surface area contributed by atoms with Crippen LogP contribution in [-0.2, 0) is 43.1 Å². The standard InChI is InChI=1S/C37H55N4O8P/c1-9-26-18-37(26,50(46,47)23(2)3)39-31(42)29-17-27-20-41(29)32(43)30(35(4,5)6)38-33(44)48-22-36(7,8)16-11-10-13-24-14-12-15-25-19-40(21-28(24)25)34(45)49-27/h9,12,14-15,23,26-27,29-30H,1,10-11,13,16-22H2,2-8H3,(H,38,44)(H,39,42)(H,46,47)/t26-,27-,29+,30-,37+/m1/s1. The van der Waals surface area contributed by atoms with E-state index in [0.717, 1.165) is 36.8 Å². The third-order valence-corrected chi connectivity index (χ3v) is 14.0. The first-order chi connectivity index (χ1) is 23.3. The Hall–Kier alpha value is -3.37. The van der Waals surface area contributed by atoms with Gasteiger partial charge in [-0.1, -0.05) is 79.2 Å². The highest BCUT2D eigenvalue weighted by Crippen LogP contribution is 2.71. The van der Waals surface area contributed by atoms with E-state index in [-0.39, 0.29) is 31.4 Å². The molecule has 2 fully saturated rings. The van der Waals surface area contributed by atoms with Crippen LogP contribution in [0.3, 0.4) is 0 Å². The van der Waals surface area contributed by atoms with Crippen molar-refractivity contribution in [3.63, 3.8) is 0 Å². The van der Waals surface area contributed by atoms with Crippen molar-refractivity contribution in [3.05, 3.63) is 47.5 Å². The van der Waals surface area contributed by atoms with E-state index in [2.05, 4.69) is 23.3 Å². The molecule has 50 heavy (non-hydrogen) atoms. The summed E-state index contributed by atoms with van der Waals surface area (Å²) in [6.45, 7) is 17.5. The molecule has 1 unspecified atom stereocenters. The van der Waals surface area contributed by atoms with Gasteiger partial charge in [-0.25, -0.2) is 9.59 Å². The van der Waals surface area contributed by atoms with Gasteiger partial charge in [0, 0.05) is 31.1 Å². The lowest BCUT2D eigenvalue weighted by atomic mass is 9.85. The molecule has 1 saturated heterocycles. The van der Waals surface area contributed by atoms with Gasteiger partial charge in [-0.05, 0) is 53.2 Å². The lowest BCUT2D eigenvalue weighted by Crippen LogP contribution is -2.58. The maximum absolute atomic E-state index is 14.4. The molecule has 13 heteroatoms. The largest absolute Gasteiger partial charge is 0.449 e. The highest BCUT2D eigenvalue weighted by atomic mass is 31.2. The number of alkyl carbamates (subject to hydrolysis) is 1. The van der Waals surface area contributed by atoms with Crippen molar-refractivity contribution in [2.75, 3.05) is 13.2 Å². The molecule has 1 aromatic rings. The highest BCUT2D eigenvalue weighted by Gasteiger charge is 2.66. The Labute approximate surface area is 296 Å². The minimum Gasteiger partial charge on any atom is -0.449 e. The molecule has 1 aliphatic carbocycles. The summed E-state index contributed by atoms with van der Waals surface area (Å²) in [6.07, 6.45) is 3.24. The monoisotopic (exact) mass is 714 g/mol. The van der Waals surface area contributed by atoms with Crippen LogP contribution in [0.2, 0.25) is 0 Å². The van der Waals surface area contributed by atoms with Gasteiger partial charge in [-0.2, -0.15) is 0 Å². The summed E-state index contributed by atoms with van der Waals surface area (Å²) in [4.78, 5) is 69.6. The number of fused-ring (bicyclic) bond motifs is 3. The molecule has 0 radical (unpaired) electrons. The number of hydrogen-bond acceptors (Lipinski definition) is 7. The van der Waals surface area contributed by atoms with E-state index >= 15 is 0 Å². The zero-order valence-corrected chi connectivity index (χ0v) is 31.5. The van der Waals surface area contributed by atoms with Crippen molar-refractivity contribution < 1.29 is 38.1 Å². The van der Waals surface area contributed by atoms with Crippen LogP contribution in [0.25, 0.3) is 0 Å². The van der Waals surface area contributed by atoms with E-state index in [0.29, 0.717) is 13.1 Å². The van der Waals surface area contributed by atoms with E-state index in [9.17, 15) is 28.6 Å². The average Bonchev–Trinajstić information content (AvgIpc) is 3.35. The Morgan fingerprint density at radius 3 is 2.50 bits per heavy atom. The van der Waals surface area contributed by atoms with Crippen LogP contribution in [0.15, 0.2) is 30.9 Å². The number of nitrogens with zero attached hydrogens (tertiary/aromatic N) is 2. The van der Waals surface area contributed by atoms with Gasteiger partial charge in [-0.3, -0.25) is 19.1 Å². The molecular formula is C37H55N4O8P. The lowest BCUT2D eigenvalue weighted by Gasteiger charge is -2.36. The molecule has 4 amide bonds. The lowest BCUT2D eigenvalue weighted by molar-refractivity contribution is -0.142. The topological polar surface area (TPSA) is 155 Å². The van der Waals surface area contributed by atoms with Gasteiger partial charge < -0.3 is 29.9 Å². The van der Waals surface area contributed by atoms with Gasteiger partial charge in [0.15, 0.2) is 0 Å². The maximum Gasteiger partial charge on any atom is 0.410 e. The smallest absolute Gasteiger partial charge is 0.410 e. The van der Waals surface area contributed by atoms with E-state index in [1.54, 1.807) is 45.6 Å². The second-order valence-electron chi connectivity index (χ2n) is 16.7. The SMILES string of the molecule is C=C[C@@H]1C[C@]1(NC(=O)[C@@H]1C[C@@H]2CN1C(=O)[C@H](C(C)(C)C)NC(=O)OCC(C)(C)CCCCc1cccc3c1CN(C3)C(=O)O2)P(=O)(O)C(C)C. The first-order valence-electron chi connectivity index (χ1n) is 17.9. The van der Waals surface area contributed by atoms with Gasteiger partial charge in [0.2, 0.25) is 19.2 Å². The summed E-state index contributed by atoms with van der Waals surface area (Å²) in [5.74, 6) is -1.57. The maximum atomic E-state index is 14.4. The average molecular weight is 715 g/mol. The minimum absolute atomic E-state index is 0.0168. The molecule has 276 valence electrons. The second kappa shape index (κ2) is 14.0. The van der Waals surface area contributed by atoms with E-state index in [1.165, 1.54) is 10.5 Å². The van der Waals surface area contributed by atoms with Gasteiger partial charge in [-0.15, -0.1) is 6.58 Å². The first-order valence-corrected chi connectivity index (χ1v) is 19.6. The normalized spacial score (nSPS) is 30.1. The number of rotatable bonds is 5. The molecule has 12 nitrogen and oxygen atoms in total. The van der Waals surface area contributed by atoms with Crippen LogP contribution in [0, 0.1) is 16.7 Å². The summed E-state index contributed by atoms with van der Waals surface area (Å²) in [6, 6.07) is 3.92. The number of carbonyl (C=O) groups is 4. The van der Waals surface area contributed by atoms with Gasteiger partial charge in [0.05, 0.1) is 13.2 Å². The molecule has 1 aromatic carbocycles. The molecule has 3 aliphatic heterocycles. The van der Waals surface area contributed by atoms with Crippen LogP contribution < -0.4 is 10.6 Å². The number of aryl methyl sites for hydroxylation is 1. The van der Waals surface area contributed by atoms with Gasteiger partial charge >= 0.3 is 12.2 Å². The fraction of sp³-hybridized carbons (Fsp3) is 0.676. The van der Waals surface area contributed by atoms with Crippen molar-refractivity contribution in [1.82, 2.24) is 20.4 Å². The zero-order valence-electron chi connectivity index (χ0n) is 30.6. The van der Waals surface area contributed by atoms with Crippen LogP contribution in [0.1, 0.15) is 97.3 Å². The summed E-state index contributed by atoms with van der Waals surface area (Å²) in [5.41, 5.74) is 1.68. The molecule has 4 aliphatic rings. The summed E-state index contributed by atoms with van der Waals surface area (Å²) in [7, 11) is -3.91. The highest BCUT2D eigenvalue weighted by molar-refractivity contribution is 7.60. The third kappa shape index (κ3) is 7.61. The van der Waals surface area contributed by atoms with E-state index < -0.39 is 71.8 Å². The van der Waals surface area contributed by atoms with Crippen LogP contribution >= 0.6 is 7.37 Å². The number of nitrogens with one attached hydrogen (secondary N) is 2. The Morgan fingerprint density at radius 1 is 1.16 bits per heavy atom. The zero-order chi connectivity index (χ0) is 36.8. The van der Waals surface area contributed by atoms with Crippen LogP contribution in [-0.4, -0.2) is 81.0 Å². The fourth-order valence-electron chi connectivity index (χ4n) is 7.58. The Bertz CT molecular complexity index is 1570. The van der Waals surface area contributed by atoms with E-state index in [1.807, 2.05) is 26.0 Å². The minimum atomic E-state index is -3.91. The third-order valence-electron chi connectivity index (χ3n) is 10.9. The number of ether oxygens (including phenoxy) is 2. The summed E-state index contributed by atoms with van der Waals surface area (Å²) < 4.78 is 25.3. The van der Waals surface area contributed by atoms with Gasteiger partial charge in [0.1, 0.15) is 23.5 Å². The fourth-order valence-corrected chi connectivity index (χ4v) is 9.81. The molecule has 0 spiro atoms. The predicted molar refractivity (Wildman–Crippen MR) is 189 cm³/mol. The van der Waals surface area contributed by atoms with E-state index in [4.69, 9.17) is 9.47 Å². The molecule has 6 atom stereocenters. The number of hydrogen-bond donors (Lipinski definition) is 3. The number of cyclic esters (lactones) is 1. The second-order valence-corrected chi connectivity index (χ2v) is 19.8. The quantitative estimate of drug-likeness (QED) is 0.259. The van der Waals surface area contributed by atoms with Crippen molar-refractivity contribution >= 4 is 31.4 Å². The van der Waals surface area contributed by atoms with Crippen molar-refractivity contribution in [1.29, 1.82) is 0 Å². The Kier molecular flexibility index (Phi) is 10.6. The molecule has 1 saturated carbocycles. The van der Waals surface area contributed by atoms with Crippen molar-refractivity contribution in [2.24, 2.45) is 16.7 Å².